The number of carbonyl (C=O) groups is 2. The van der Waals surface area contributed by atoms with Crippen molar-refractivity contribution in [3.8, 4) is 0 Å². The molecule has 0 aromatic heterocycles. The number of rotatable bonds is 0. The molecule has 0 saturated carbocycles. The fourth-order valence-corrected chi connectivity index (χ4v) is 0.433. The summed E-state index contributed by atoms with van der Waals surface area (Å²) in [5.41, 5.74) is 0. The van der Waals surface area contributed by atoms with Gasteiger partial charge in [-0.25, -0.2) is 0 Å². The van der Waals surface area contributed by atoms with E-state index in [1.807, 2.05) is 0 Å². The molecular formula is C4H4CuO3. The van der Waals surface area contributed by atoms with Crippen molar-refractivity contribution in [2.24, 2.45) is 0 Å². The SMILES string of the molecule is O=C1CCC(=O)O1.[Cu]. The van der Waals surface area contributed by atoms with Gasteiger partial charge in [0.2, 0.25) is 0 Å². The monoisotopic (exact) mass is 163 g/mol. The Morgan fingerprint density at radius 1 is 1.12 bits per heavy atom. The largest absolute Gasteiger partial charge is 0.393 e. The first kappa shape index (κ1) is 7.66. The minimum atomic E-state index is -0.398. The van der Waals surface area contributed by atoms with Gasteiger partial charge in [0.05, 0.1) is 12.8 Å². The molecule has 1 saturated heterocycles. The number of ether oxygens (including phenoxy) is 1. The molecule has 0 aromatic rings. The fourth-order valence-electron chi connectivity index (χ4n) is 0.433. The van der Waals surface area contributed by atoms with Crippen LogP contribution < -0.4 is 0 Å². The number of hydrogen-bond donors (Lipinski definition) is 0. The molecule has 1 rings (SSSR count). The average molecular weight is 164 g/mol. The molecular weight excluding hydrogens is 160 g/mol. The molecule has 0 aromatic carbocycles. The van der Waals surface area contributed by atoms with Crippen LogP contribution in [0.25, 0.3) is 0 Å². The third kappa shape index (κ3) is 1.64. The van der Waals surface area contributed by atoms with E-state index in [0.29, 0.717) is 0 Å². The molecule has 0 atom stereocenters. The molecule has 1 aliphatic rings. The maximum atomic E-state index is 10.0. The number of cyclic esters (lactones) is 2. The molecule has 1 aliphatic heterocycles. The summed E-state index contributed by atoms with van der Waals surface area (Å²) in [6, 6.07) is 0. The maximum Gasteiger partial charge on any atom is 0.314 e. The van der Waals surface area contributed by atoms with Gasteiger partial charge in [-0.15, -0.1) is 0 Å². The summed E-state index contributed by atoms with van der Waals surface area (Å²) in [7, 11) is 0. The summed E-state index contributed by atoms with van der Waals surface area (Å²) in [4.78, 5) is 20.0. The molecule has 0 aliphatic carbocycles. The normalized spacial score (nSPS) is 17.5. The van der Waals surface area contributed by atoms with E-state index in [1.165, 1.54) is 0 Å². The number of carbonyl (C=O) groups excluding carboxylic acids is 2. The van der Waals surface area contributed by atoms with Gasteiger partial charge in [-0.05, 0) is 0 Å². The summed E-state index contributed by atoms with van der Waals surface area (Å²) >= 11 is 0. The van der Waals surface area contributed by atoms with E-state index in [1.54, 1.807) is 0 Å². The third-order valence-electron chi connectivity index (χ3n) is 0.761. The van der Waals surface area contributed by atoms with Gasteiger partial charge >= 0.3 is 11.9 Å². The minimum Gasteiger partial charge on any atom is -0.393 e. The molecule has 1 fully saturated rings. The van der Waals surface area contributed by atoms with Crippen LogP contribution in [0.5, 0.6) is 0 Å². The second-order valence-electron chi connectivity index (χ2n) is 1.35. The summed E-state index contributed by atoms with van der Waals surface area (Å²) in [6.07, 6.45) is 0.525. The third-order valence-corrected chi connectivity index (χ3v) is 0.761. The molecule has 3 nitrogen and oxygen atoms in total. The van der Waals surface area contributed by atoms with Crippen molar-refractivity contribution < 1.29 is 31.4 Å². The molecule has 0 N–H and O–H groups in total. The van der Waals surface area contributed by atoms with Crippen LogP contribution >= 0.6 is 0 Å². The Kier molecular flexibility index (Phi) is 2.72. The Hall–Kier alpha value is -0.341. The Bertz CT molecular complexity index is 106. The first-order valence-corrected chi connectivity index (χ1v) is 2.02. The molecule has 49 valence electrons. The van der Waals surface area contributed by atoms with Crippen molar-refractivity contribution in [3.05, 3.63) is 0 Å². The van der Waals surface area contributed by atoms with Crippen molar-refractivity contribution in [1.82, 2.24) is 0 Å². The Labute approximate surface area is 56.9 Å². The van der Waals surface area contributed by atoms with Gasteiger partial charge in [0.15, 0.2) is 0 Å². The van der Waals surface area contributed by atoms with Crippen LogP contribution in [0.15, 0.2) is 0 Å². The van der Waals surface area contributed by atoms with Crippen LogP contribution in [0.1, 0.15) is 12.8 Å². The van der Waals surface area contributed by atoms with Gasteiger partial charge < -0.3 is 4.74 Å². The van der Waals surface area contributed by atoms with Crippen LogP contribution in [0, 0.1) is 0 Å². The fraction of sp³-hybridized carbons (Fsp3) is 0.500. The molecule has 4 heteroatoms. The summed E-state index contributed by atoms with van der Waals surface area (Å²) < 4.78 is 4.08. The van der Waals surface area contributed by atoms with Crippen molar-refractivity contribution in [1.29, 1.82) is 0 Å². The molecule has 1 radical (unpaired) electrons. The van der Waals surface area contributed by atoms with Gasteiger partial charge in [-0.1, -0.05) is 0 Å². The Balaban J connectivity index is 0.000000490. The zero-order valence-corrected chi connectivity index (χ0v) is 4.88. The van der Waals surface area contributed by atoms with Crippen LogP contribution in [0.3, 0.4) is 0 Å². The van der Waals surface area contributed by atoms with Gasteiger partial charge in [0.1, 0.15) is 0 Å². The predicted molar refractivity (Wildman–Crippen MR) is 20.3 cm³/mol. The van der Waals surface area contributed by atoms with Gasteiger partial charge in [0.25, 0.3) is 0 Å². The van der Waals surface area contributed by atoms with Gasteiger partial charge in [-0.3, -0.25) is 9.59 Å². The molecule has 0 bridgehead atoms. The number of hydrogen-bond acceptors (Lipinski definition) is 3. The quantitative estimate of drug-likeness (QED) is 0.283. The summed E-state index contributed by atoms with van der Waals surface area (Å²) in [5, 5.41) is 0. The van der Waals surface area contributed by atoms with Crippen molar-refractivity contribution in [2.45, 2.75) is 12.8 Å². The Morgan fingerprint density at radius 2 is 1.50 bits per heavy atom. The molecule has 0 spiro atoms. The zero-order chi connectivity index (χ0) is 5.28. The van der Waals surface area contributed by atoms with E-state index in [2.05, 4.69) is 4.74 Å². The van der Waals surface area contributed by atoms with Crippen LogP contribution in [-0.2, 0) is 31.4 Å². The standard InChI is InChI=1S/C4H4O3.Cu/c5-3-1-2-4(6)7-3;/h1-2H2;. The molecule has 1 heterocycles. The maximum absolute atomic E-state index is 10.0. The number of esters is 2. The van der Waals surface area contributed by atoms with E-state index in [0.717, 1.165) is 0 Å². The van der Waals surface area contributed by atoms with Crippen LogP contribution in [0.4, 0.5) is 0 Å². The Morgan fingerprint density at radius 3 is 1.62 bits per heavy atom. The zero-order valence-electron chi connectivity index (χ0n) is 3.94. The molecule has 8 heavy (non-hydrogen) atoms. The topological polar surface area (TPSA) is 43.4 Å². The van der Waals surface area contributed by atoms with E-state index < -0.39 is 11.9 Å². The first-order chi connectivity index (χ1) is 3.29. The minimum absolute atomic E-state index is 0. The second kappa shape index (κ2) is 2.84. The van der Waals surface area contributed by atoms with E-state index in [9.17, 15) is 9.59 Å². The predicted octanol–water partition coefficient (Wildman–Crippen LogP) is -0.152. The van der Waals surface area contributed by atoms with E-state index in [-0.39, 0.29) is 29.9 Å². The van der Waals surface area contributed by atoms with Gasteiger partial charge in [0, 0.05) is 17.1 Å². The molecule has 0 amide bonds. The van der Waals surface area contributed by atoms with E-state index in [4.69, 9.17) is 0 Å². The summed E-state index contributed by atoms with van der Waals surface area (Å²) in [5.74, 6) is -0.796. The van der Waals surface area contributed by atoms with Crippen molar-refractivity contribution in [2.75, 3.05) is 0 Å². The van der Waals surface area contributed by atoms with Crippen LogP contribution in [0.2, 0.25) is 0 Å². The van der Waals surface area contributed by atoms with Crippen LogP contribution in [-0.4, -0.2) is 11.9 Å². The van der Waals surface area contributed by atoms with Crippen molar-refractivity contribution in [3.63, 3.8) is 0 Å². The second-order valence-corrected chi connectivity index (χ2v) is 1.35. The molecule has 0 unspecified atom stereocenters. The summed E-state index contributed by atoms with van der Waals surface area (Å²) in [6.45, 7) is 0. The average Bonchev–Trinajstić information content (AvgIpc) is 1.87. The smallest absolute Gasteiger partial charge is 0.314 e. The van der Waals surface area contributed by atoms with Gasteiger partial charge in [-0.2, -0.15) is 0 Å². The first-order valence-electron chi connectivity index (χ1n) is 2.02. The van der Waals surface area contributed by atoms with Crippen molar-refractivity contribution >= 4 is 11.9 Å². The van der Waals surface area contributed by atoms with E-state index >= 15 is 0 Å².